The molecule has 21 heavy (non-hydrogen) atoms. The summed E-state index contributed by atoms with van der Waals surface area (Å²) in [4.78, 5) is 24.0. The summed E-state index contributed by atoms with van der Waals surface area (Å²) in [6.45, 7) is 2.31. The van der Waals surface area contributed by atoms with Crippen LogP contribution in [-0.2, 0) is 11.2 Å². The van der Waals surface area contributed by atoms with Crippen molar-refractivity contribution in [3.63, 3.8) is 0 Å². The number of aryl methyl sites for hydroxylation is 1. The molecule has 0 aromatic carbocycles. The van der Waals surface area contributed by atoms with Crippen molar-refractivity contribution >= 4 is 5.91 Å². The molecule has 1 aliphatic rings. The SMILES string of the molecule is CN1CCN(C(=O)CCc2ccco2)C[C@@H]1c1ncc[nH]1. The molecule has 1 fully saturated rings. The second-order valence-electron chi connectivity index (χ2n) is 5.39. The van der Waals surface area contributed by atoms with Crippen molar-refractivity contribution < 1.29 is 9.21 Å². The van der Waals surface area contributed by atoms with Crippen molar-refractivity contribution in [1.82, 2.24) is 19.8 Å². The monoisotopic (exact) mass is 288 g/mol. The maximum absolute atomic E-state index is 12.4. The van der Waals surface area contributed by atoms with Crippen LogP contribution in [0.3, 0.4) is 0 Å². The molecule has 1 aliphatic heterocycles. The minimum Gasteiger partial charge on any atom is -0.469 e. The standard InChI is InChI=1S/C15H20N4O2/c1-18-8-9-19(11-13(18)15-16-6-7-17-15)14(20)5-4-12-3-2-10-21-12/h2-3,6-7,10,13H,4-5,8-9,11H2,1H3,(H,16,17)/t13-/m1/s1. The highest BCUT2D eigenvalue weighted by Crippen LogP contribution is 2.21. The molecule has 0 saturated carbocycles. The molecule has 0 bridgehead atoms. The predicted molar refractivity (Wildman–Crippen MR) is 77.6 cm³/mol. The number of H-pyrrole nitrogens is 1. The van der Waals surface area contributed by atoms with Crippen molar-refractivity contribution in [2.24, 2.45) is 0 Å². The lowest BCUT2D eigenvalue weighted by Crippen LogP contribution is -2.49. The van der Waals surface area contributed by atoms with Gasteiger partial charge in [-0.3, -0.25) is 9.69 Å². The van der Waals surface area contributed by atoms with Crippen LogP contribution in [0.1, 0.15) is 24.0 Å². The molecule has 0 aliphatic carbocycles. The van der Waals surface area contributed by atoms with Crippen LogP contribution in [0, 0.1) is 0 Å². The Morgan fingerprint density at radius 2 is 2.43 bits per heavy atom. The Kier molecular flexibility index (Phi) is 4.06. The van der Waals surface area contributed by atoms with Crippen LogP contribution >= 0.6 is 0 Å². The molecule has 1 saturated heterocycles. The third-order valence-electron chi connectivity index (χ3n) is 4.00. The Labute approximate surface area is 123 Å². The zero-order valence-corrected chi connectivity index (χ0v) is 12.2. The van der Waals surface area contributed by atoms with E-state index in [2.05, 4.69) is 21.9 Å². The van der Waals surface area contributed by atoms with Crippen LogP contribution in [0.5, 0.6) is 0 Å². The highest BCUT2D eigenvalue weighted by atomic mass is 16.3. The minimum absolute atomic E-state index is 0.140. The Hall–Kier alpha value is -2.08. The van der Waals surface area contributed by atoms with E-state index in [1.54, 1.807) is 12.5 Å². The van der Waals surface area contributed by atoms with Crippen molar-refractivity contribution in [2.75, 3.05) is 26.7 Å². The normalized spacial score (nSPS) is 19.9. The van der Waals surface area contributed by atoms with Gasteiger partial charge in [0.2, 0.25) is 5.91 Å². The van der Waals surface area contributed by atoms with Crippen LogP contribution in [0.2, 0.25) is 0 Å². The van der Waals surface area contributed by atoms with Crippen LogP contribution in [0.4, 0.5) is 0 Å². The first-order chi connectivity index (χ1) is 10.2. The lowest BCUT2D eigenvalue weighted by Gasteiger charge is -2.38. The number of furan rings is 1. The van der Waals surface area contributed by atoms with Gasteiger partial charge in [0.15, 0.2) is 0 Å². The largest absolute Gasteiger partial charge is 0.469 e. The van der Waals surface area contributed by atoms with Crippen molar-refractivity contribution in [1.29, 1.82) is 0 Å². The van der Waals surface area contributed by atoms with E-state index in [-0.39, 0.29) is 11.9 Å². The Morgan fingerprint density at radius 1 is 1.52 bits per heavy atom. The van der Waals surface area contributed by atoms with E-state index in [4.69, 9.17) is 4.42 Å². The van der Waals surface area contributed by atoms with E-state index >= 15 is 0 Å². The van der Waals surface area contributed by atoms with Gasteiger partial charge in [-0.25, -0.2) is 4.98 Å². The number of aromatic nitrogens is 2. The maximum Gasteiger partial charge on any atom is 0.223 e. The number of likely N-dealkylation sites (N-methyl/N-ethyl adjacent to an activating group) is 1. The van der Waals surface area contributed by atoms with E-state index in [9.17, 15) is 4.79 Å². The quantitative estimate of drug-likeness (QED) is 0.925. The zero-order chi connectivity index (χ0) is 14.7. The Bertz CT molecular complexity index is 565. The summed E-state index contributed by atoms with van der Waals surface area (Å²) in [5, 5.41) is 0. The smallest absolute Gasteiger partial charge is 0.223 e. The number of aromatic amines is 1. The Morgan fingerprint density at radius 3 is 3.14 bits per heavy atom. The van der Waals surface area contributed by atoms with Crippen LogP contribution in [-0.4, -0.2) is 52.4 Å². The van der Waals surface area contributed by atoms with Gasteiger partial charge in [0.25, 0.3) is 0 Å². The number of rotatable bonds is 4. The summed E-state index contributed by atoms with van der Waals surface area (Å²) in [5.41, 5.74) is 0. The van der Waals surface area contributed by atoms with E-state index in [1.807, 2.05) is 23.2 Å². The predicted octanol–water partition coefficient (Wildman–Crippen LogP) is 1.45. The van der Waals surface area contributed by atoms with Crippen LogP contribution in [0.25, 0.3) is 0 Å². The molecule has 3 heterocycles. The number of nitrogens with one attached hydrogen (secondary N) is 1. The number of nitrogens with zero attached hydrogens (tertiary/aromatic N) is 3. The van der Waals surface area contributed by atoms with Gasteiger partial charge < -0.3 is 14.3 Å². The summed E-state index contributed by atoms with van der Waals surface area (Å²) >= 11 is 0. The molecule has 3 rings (SSSR count). The fraction of sp³-hybridized carbons (Fsp3) is 0.467. The van der Waals surface area contributed by atoms with Crippen molar-refractivity contribution in [3.8, 4) is 0 Å². The van der Waals surface area contributed by atoms with E-state index in [0.29, 0.717) is 19.4 Å². The first kappa shape index (κ1) is 13.9. The summed E-state index contributed by atoms with van der Waals surface area (Å²) in [6.07, 6.45) is 6.36. The molecule has 2 aromatic rings. The van der Waals surface area contributed by atoms with Gasteiger partial charge in [0.1, 0.15) is 11.6 Å². The van der Waals surface area contributed by atoms with Gasteiger partial charge in [-0.1, -0.05) is 0 Å². The molecular formula is C15H20N4O2. The molecule has 1 amide bonds. The number of hydrogen-bond donors (Lipinski definition) is 1. The van der Waals surface area contributed by atoms with Gasteiger partial charge >= 0.3 is 0 Å². The van der Waals surface area contributed by atoms with Crippen molar-refractivity contribution in [2.45, 2.75) is 18.9 Å². The molecule has 2 aromatic heterocycles. The van der Waals surface area contributed by atoms with Gasteiger partial charge in [-0.2, -0.15) is 0 Å². The fourth-order valence-electron chi connectivity index (χ4n) is 2.70. The van der Waals surface area contributed by atoms with Gasteiger partial charge in [-0.05, 0) is 19.2 Å². The summed E-state index contributed by atoms with van der Waals surface area (Å²) in [6, 6.07) is 3.90. The first-order valence-electron chi connectivity index (χ1n) is 7.23. The zero-order valence-electron chi connectivity index (χ0n) is 12.2. The summed E-state index contributed by atoms with van der Waals surface area (Å²) < 4.78 is 5.27. The number of carbonyl (C=O) groups is 1. The number of amides is 1. The van der Waals surface area contributed by atoms with Gasteiger partial charge in [-0.15, -0.1) is 0 Å². The molecule has 1 N–H and O–H groups in total. The van der Waals surface area contributed by atoms with Gasteiger partial charge in [0, 0.05) is 44.9 Å². The van der Waals surface area contributed by atoms with E-state index in [0.717, 1.165) is 24.7 Å². The van der Waals surface area contributed by atoms with E-state index < -0.39 is 0 Å². The molecule has 0 radical (unpaired) electrons. The number of imidazole rings is 1. The lowest BCUT2D eigenvalue weighted by molar-refractivity contribution is -0.134. The molecule has 0 spiro atoms. The summed E-state index contributed by atoms with van der Waals surface area (Å²) in [5.74, 6) is 1.96. The van der Waals surface area contributed by atoms with Gasteiger partial charge in [0.05, 0.1) is 12.3 Å². The molecule has 6 nitrogen and oxygen atoms in total. The van der Waals surface area contributed by atoms with Crippen LogP contribution < -0.4 is 0 Å². The highest BCUT2D eigenvalue weighted by Gasteiger charge is 2.29. The minimum atomic E-state index is 0.140. The number of piperazine rings is 1. The average molecular weight is 288 g/mol. The molecule has 1 atom stereocenters. The second kappa shape index (κ2) is 6.13. The maximum atomic E-state index is 12.4. The number of carbonyl (C=O) groups excluding carboxylic acids is 1. The summed E-state index contributed by atoms with van der Waals surface area (Å²) in [7, 11) is 2.07. The molecule has 112 valence electrons. The third-order valence-corrected chi connectivity index (χ3v) is 4.00. The average Bonchev–Trinajstić information content (AvgIpc) is 3.18. The third kappa shape index (κ3) is 3.16. The lowest BCUT2D eigenvalue weighted by atomic mass is 10.1. The first-order valence-corrected chi connectivity index (χ1v) is 7.23. The molecular weight excluding hydrogens is 268 g/mol. The van der Waals surface area contributed by atoms with E-state index in [1.165, 1.54) is 0 Å². The molecule has 6 heteroatoms. The fourth-order valence-corrected chi connectivity index (χ4v) is 2.70. The molecule has 0 unspecified atom stereocenters. The van der Waals surface area contributed by atoms with Crippen molar-refractivity contribution in [3.05, 3.63) is 42.4 Å². The number of hydrogen-bond acceptors (Lipinski definition) is 4. The Balaban J connectivity index is 1.59. The second-order valence-corrected chi connectivity index (χ2v) is 5.39. The topological polar surface area (TPSA) is 65.4 Å². The van der Waals surface area contributed by atoms with Crippen LogP contribution in [0.15, 0.2) is 35.2 Å². The highest BCUT2D eigenvalue weighted by molar-refractivity contribution is 5.76.